The second kappa shape index (κ2) is 4.73. The molecule has 2 amide bonds. The SMILES string of the molecule is NC1(CC(=O)NC(=O)c2cc3ccccc3[nH]2)COC1. The van der Waals surface area contributed by atoms with Gasteiger partial charge in [-0.1, -0.05) is 18.2 Å². The molecule has 0 aliphatic carbocycles. The first-order chi connectivity index (χ1) is 9.56. The van der Waals surface area contributed by atoms with E-state index in [0.29, 0.717) is 18.9 Å². The van der Waals surface area contributed by atoms with Crippen molar-refractivity contribution in [2.75, 3.05) is 13.2 Å². The third-order valence-electron chi connectivity index (χ3n) is 3.32. The molecule has 20 heavy (non-hydrogen) atoms. The Labute approximate surface area is 115 Å². The summed E-state index contributed by atoms with van der Waals surface area (Å²) in [4.78, 5) is 26.7. The summed E-state index contributed by atoms with van der Waals surface area (Å²) in [6, 6.07) is 9.24. The highest BCUT2D eigenvalue weighted by Crippen LogP contribution is 2.18. The molecule has 1 aliphatic heterocycles. The van der Waals surface area contributed by atoms with Crippen molar-refractivity contribution in [3.05, 3.63) is 36.0 Å². The molecule has 1 aromatic carbocycles. The van der Waals surface area contributed by atoms with Gasteiger partial charge in [-0.05, 0) is 12.1 Å². The van der Waals surface area contributed by atoms with Crippen molar-refractivity contribution < 1.29 is 14.3 Å². The Morgan fingerprint density at radius 1 is 1.35 bits per heavy atom. The zero-order chi connectivity index (χ0) is 14.2. The number of amides is 2. The van der Waals surface area contributed by atoms with Gasteiger partial charge in [-0.15, -0.1) is 0 Å². The van der Waals surface area contributed by atoms with Gasteiger partial charge >= 0.3 is 0 Å². The first kappa shape index (κ1) is 12.8. The number of aromatic amines is 1. The first-order valence-electron chi connectivity index (χ1n) is 6.34. The van der Waals surface area contributed by atoms with E-state index in [1.807, 2.05) is 24.3 Å². The lowest BCUT2D eigenvalue weighted by atomic mass is 9.94. The number of nitrogens with one attached hydrogen (secondary N) is 2. The highest BCUT2D eigenvalue weighted by molar-refractivity contribution is 6.06. The lowest BCUT2D eigenvalue weighted by Gasteiger charge is -2.36. The molecule has 3 rings (SSSR count). The monoisotopic (exact) mass is 273 g/mol. The Morgan fingerprint density at radius 3 is 2.75 bits per heavy atom. The summed E-state index contributed by atoms with van der Waals surface area (Å²) in [5.41, 5.74) is 6.45. The minimum atomic E-state index is -0.634. The quantitative estimate of drug-likeness (QED) is 0.760. The summed E-state index contributed by atoms with van der Waals surface area (Å²) in [7, 11) is 0. The third kappa shape index (κ3) is 2.43. The summed E-state index contributed by atoms with van der Waals surface area (Å²) in [5.74, 6) is -0.838. The second-order valence-electron chi connectivity index (χ2n) is 5.18. The standard InChI is InChI=1S/C14H15N3O3/c15-14(7-20-8-14)6-12(18)17-13(19)11-5-9-3-1-2-4-10(9)16-11/h1-5,16H,6-8,15H2,(H,17,18,19). The van der Waals surface area contributed by atoms with Gasteiger partial charge in [0.25, 0.3) is 5.91 Å². The number of carbonyl (C=O) groups is 2. The van der Waals surface area contributed by atoms with Crippen LogP contribution in [-0.2, 0) is 9.53 Å². The number of imide groups is 1. The summed E-state index contributed by atoms with van der Waals surface area (Å²) in [6.07, 6.45) is 0.0823. The van der Waals surface area contributed by atoms with E-state index in [1.54, 1.807) is 6.07 Å². The maximum Gasteiger partial charge on any atom is 0.274 e. The molecule has 6 heteroatoms. The lowest BCUT2D eigenvalue weighted by molar-refractivity contribution is -0.127. The van der Waals surface area contributed by atoms with Crippen molar-refractivity contribution in [2.24, 2.45) is 5.73 Å². The average Bonchev–Trinajstić information content (AvgIpc) is 2.80. The Kier molecular flexibility index (Phi) is 3.04. The molecule has 0 bridgehead atoms. The molecule has 0 radical (unpaired) electrons. The van der Waals surface area contributed by atoms with E-state index in [9.17, 15) is 9.59 Å². The number of hydrogen-bond acceptors (Lipinski definition) is 4. The Bertz CT molecular complexity index is 640. The fraction of sp³-hybridized carbons (Fsp3) is 0.286. The van der Waals surface area contributed by atoms with Gasteiger partial charge in [-0.3, -0.25) is 14.9 Å². The van der Waals surface area contributed by atoms with Crippen LogP contribution in [0, 0.1) is 0 Å². The van der Waals surface area contributed by atoms with Gasteiger partial charge in [-0.25, -0.2) is 0 Å². The first-order valence-corrected chi connectivity index (χ1v) is 6.34. The summed E-state index contributed by atoms with van der Waals surface area (Å²) in [5, 5.41) is 3.26. The van der Waals surface area contributed by atoms with Crippen molar-refractivity contribution in [2.45, 2.75) is 12.0 Å². The van der Waals surface area contributed by atoms with Crippen molar-refractivity contribution in [1.82, 2.24) is 10.3 Å². The molecule has 1 aromatic heterocycles. The van der Waals surface area contributed by atoms with Crippen molar-refractivity contribution in [3.63, 3.8) is 0 Å². The number of nitrogens with two attached hydrogens (primary N) is 1. The predicted octanol–water partition coefficient (Wildman–Crippen LogP) is 0.542. The molecular formula is C14H15N3O3. The Hall–Kier alpha value is -2.18. The normalized spacial score (nSPS) is 16.6. The number of rotatable bonds is 3. The van der Waals surface area contributed by atoms with Crippen LogP contribution in [0.4, 0.5) is 0 Å². The van der Waals surface area contributed by atoms with Gasteiger partial charge in [-0.2, -0.15) is 0 Å². The molecule has 0 saturated carbocycles. The number of ether oxygens (including phenoxy) is 1. The van der Waals surface area contributed by atoms with Crippen LogP contribution in [0.15, 0.2) is 30.3 Å². The van der Waals surface area contributed by atoms with Crippen LogP contribution in [0.25, 0.3) is 10.9 Å². The minimum Gasteiger partial charge on any atom is -0.377 e. The molecule has 1 fully saturated rings. The van der Waals surface area contributed by atoms with Crippen LogP contribution in [-0.4, -0.2) is 35.6 Å². The fourth-order valence-electron chi connectivity index (χ4n) is 2.22. The van der Waals surface area contributed by atoms with E-state index >= 15 is 0 Å². The van der Waals surface area contributed by atoms with Gasteiger partial charge in [0.05, 0.1) is 18.8 Å². The second-order valence-corrected chi connectivity index (χ2v) is 5.18. The topological polar surface area (TPSA) is 97.2 Å². The number of H-pyrrole nitrogens is 1. The minimum absolute atomic E-state index is 0.0823. The van der Waals surface area contributed by atoms with Crippen LogP contribution in [0.1, 0.15) is 16.9 Å². The van der Waals surface area contributed by atoms with E-state index in [-0.39, 0.29) is 12.3 Å². The van der Waals surface area contributed by atoms with Crippen molar-refractivity contribution in [1.29, 1.82) is 0 Å². The van der Waals surface area contributed by atoms with Gasteiger partial charge < -0.3 is 15.5 Å². The molecular weight excluding hydrogens is 258 g/mol. The van der Waals surface area contributed by atoms with E-state index < -0.39 is 11.4 Å². The highest BCUT2D eigenvalue weighted by Gasteiger charge is 2.36. The van der Waals surface area contributed by atoms with Crippen LogP contribution < -0.4 is 11.1 Å². The van der Waals surface area contributed by atoms with Gasteiger partial charge in [0.1, 0.15) is 5.69 Å². The van der Waals surface area contributed by atoms with Gasteiger partial charge in [0, 0.05) is 17.3 Å². The van der Waals surface area contributed by atoms with Gasteiger partial charge in [0.15, 0.2) is 0 Å². The van der Waals surface area contributed by atoms with Crippen molar-refractivity contribution in [3.8, 4) is 0 Å². The zero-order valence-electron chi connectivity index (χ0n) is 10.8. The molecule has 2 heterocycles. The maximum absolute atomic E-state index is 12.0. The smallest absolute Gasteiger partial charge is 0.274 e. The van der Waals surface area contributed by atoms with Crippen LogP contribution in [0.2, 0.25) is 0 Å². The largest absolute Gasteiger partial charge is 0.377 e. The Balaban J connectivity index is 1.67. The van der Waals surface area contributed by atoms with Crippen LogP contribution in [0.5, 0.6) is 0 Å². The number of carbonyl (C=O) groups excluding carboxylic acids is 2. The highest BCUT2D eigenvalue weighted by atomic mass is 16.5. The zero-order valence-corrected chi connectivity index (χ0v) is 10.8. The summed E-state index contributed by atoms with van der Waals surface area (Å²) >= 11 is 0. The number of hydrogen-bond donors (Lipinski definition) is 3. The molecule has 0 unspecified atom stereocenters. The van der Waals surface area contributed by atoms with E-state index in [2.05, 4.69) is 10.3 Å². The Morgan fingerprint density at radius 2 is 2.10 bits per heavy atom. The van der Waals surface area contributed by atoms with Crippen molar-refractivity contribution >= 4 is 22.7 Å². The molecule has 1 saturated heterocycles. The number of benzene rings is 1. The van der Waals surface area contributed by atoms with E-state index in [1.165, 1.54) is 0 Å². The third-order valence-corrected chi connectivity index (χ3v) is 3.32. The molecule has 104 valence electrons. The fourth-order valence-corrected chi connectivity index (χ4v) is 2.22. The van der Waals surface area contributed by atoms with Gasteiger partial charge in [0.2, 0.25) is 5.91 Å². The van der Waals surface area contributed by atoms with E-state index in [4.69, 9.17) is 10.5 Å². The molecule has 1 aliphatic rings. The van der Waals surface area contributed by atoms with Crippen LogP contribution in [0.3, 0.4) is 0 Å². The molecule has 0 atom stereocenters. The number of fused-ring (bicyclic) bond motifs is 1. The summed E-state index contributed by atoms with van der Waals surface area (Å²) in [6.45, 7) is 0.696. The molecule has 0 spiro atoms. The van der Waals surface area contributed by atoms with Crippen LogP contribution >= 0.6 is 0 Å². The predicted molar refractivity (Wildman–Crippen MR) is 73.1 cm³/mol. The average molecular weight is 273 g/mol. The maximum atomic E-state index is 12.0. The summed E-state index contributed by atoms with van der Waals surface area (Å²) < 4.78 is 4.97. The lowest BCUT2D eigenvalue weighted by Crippen LogP contribution is -2.59. The van der Waals surface area contributed by atoms with E-state index in [0.717, 1.165) is 10.9 Å². The molecule has 2 aromatic rings. The molecule has 4 N–H and O–H groups in total. The number of para-hydroxylation sites is 1. The number of aromatic nitrogens is 1. The molecule has 6 nitrogen and oxygen atoms in total.